The van der Waals surface area contributed by atoms with Crippen molar-refractivity contribution in [2.45, 2.75) is 88.8 Å². The van der Waals surface area contributed by atoms with Gasteiger partial charge in [-0.25, -0.2) is 0 Å². The summed E-state index contributed by atoms with van der Waals surface area (Å²) in [5.74, 6) is 1.32. The molecule has 4 fully saturated rings. The van der Waals surface area contributed by atoms with Crippen LogP contribution in [0.25, 0.3) is 0 Å². The molecular formula is C32H45N3. The summed E-state index contributed by atoms with van der Waals surface area (Å²) in [7, 11) is 0. The third kappa shape index (κ3) is 4.72. The van der Waals surface area contributed by atoms with Crippen LogP contribution in [-0.2, 0) is 0 Å². The van der Waals surface area contributed by atoms with Crippen molar-refractivity contribution in [3.63, 3.8) is 0 Å². The summed E-state index contributed by atoms with van der Waals surface area (Å²) in [5.41, 5.74) is 5.37. The first-order valence-electron chi connectivity index (χ1n) is 14.5. The van der Waals surface area contributed by atoms with Crippen molar-refractivity contribution in [1.82, 2.24) is 15.1 Å². The van der Waals surface area contributed by atoms with Gasteiger partial charge in [-0.2, -0.15) is 0 Å². The fourth-order valence-corrected chi connectivity index (χ4v) is 8.06. The Balaban J connectivity index is 1.21. The number of piperidine rings is 1. The predicted octanol–water partition coefficient (Wildman–Crippen LogP) is 6.34. The van der Waals surface area contributed by atoms with Gasteiger partial charge in [0.2, 0.25) is 0 Å². The van der Waals surface area contributed by atoms with Crippen LogP contribution in [0.15, 0.2) is 54.6 Å². The van der Waals surface area contributed by atoms with Crippen LogP contribution >= 0.6 is 0 Å². The lowest BCUT2D eigenvalue weighted by Gasteiger charge is -2.58. The molecule has 0 amide bonds. The molecular weight excluding hydrogens is 426 g/mol. The van der Waals surface area contributed by atoms with Crippen LogP contribution in [0, 0.1) is 5.41 Å². The van der Waals surface area contributed by atoms with Crippen molar-refractivity contribution in [2.24, 2.45) is 5.41 Å². The molecule has 2 saturated carbocycles. The van der Waals surface area contributed by atoms with Crippen LogP contribution in [0.1, 0.15) is 93.4 Å². The zero-order chi connectivity index (χ0) is 23.8. The van der Waals surface area contributed by atoms with Crippen molar-refractivity contribution in [3.8, 4) is 0 Å². The van der Waals surface area contributed by atoms with Crippen LogP contribution in [-0.4, -0.2) is 54.6 Å². The van der Waals surface area contributed by atoms with E-state index in [-0.39, 0.29) is 0 Å². The average molecular weight is 472 g/mol. The van der Waals surface area contributed by atoms with Gasteiger partial charge in [-0.15, -0.1) is 0 Å². The number of nitrogens with one attached hydrogen (secondary N) is 1. The standard InChI is InChI=1S/C32H45N3/c1-24(2)29-10-6-7-11-30(29)31-23-34(27-13-12-26(20-27)25-8-4-3-5-9-25)18-19-35(31)28-21-32(22-28)14-16-33-17-15-32/h3-11,24,26-28,31,33H,12-23H2,1-2H3. The lowest BCUT2D eigenvalue weighted by molar-refractivity contribution is -0.0693. The maximum absolute atomic E-state index is 3.59. The molecule has 3 atom stereocenters. The first-order chi connectivity index (χ1) is 17.1. The molecule has 3 heteroatoms. The lowest BCUT2D eigenvalue weighted by Crippen LogP contribution is -2.60. The first kappa shape index (κ1) is 23.7. The Kier molecular flexibility index (Phi) is 6.77. The molecule has 0 bridgehead atoms. The van der Waals surface area contributed by atoms with E-state index >= 15 is 0 Å². The number of nitrogens with zero attached hydrogens (tertiary/aromatic N) is 2. The molecule has 6 rings (SSSR count). The molecule has 1 spiro atoms. The first-order valence-corrected chi connectivity index (χ1v) is 14.5. The third-order valence-corrected chi connectivity index (χ3v) is 10.1. The van der Waals surface area contributed by atoms with Gasteiger partial charge in [-0.1, -0.05) is 68.4 Å². The second-order valence-corrected chi connectivity index (χ2v) is 12.4. The molecule has 2 aliphatic carbocycles. The zero-order valence-corrected chi connectivity index (χ0v) is 22.0. The van der Waals surface area contributed by atoms with Gasteiger partial charge in [0.05, 0.1) is 0 Å². The molecule has 3 nitrogen and oxygen atoms in total. The Hall–Kier alpha value is -1.68. The molecule has 3 unspecified atom stereocenters. The van der Waals surface area contributed by atoms with Crippen molar-refractivity contribution in [1.29, 1.82) is 0 Å². The molecule has 1 N–H and O–H groups in total. The number of hydrogen-bond acceptors (Lipinski definition) is 3. The Morgan fingerprint density at radius 3 is 2.37 bits per heavy atom. The predicted molar refractivity (Wildman–Crippen MR) is 146 cm³/mol. The van der Waals surface area contributed by atoms with Gasteiger partial charge < -0.3 is 5.32 Å². The molecule has 2 aromatic carbocycles. The van der Waals surface area contributed by atoms with E-state index in [0.717, 1.165) is 18.0 Å². The Morgan fingerprint density at radius 2 is 1.60 bits per heavy atom. The normalized spacial score (nSPS) is 30.1. The van der Waals surface area contributed by atoms with Gasteiger partial charge in [-0.05, 0) is 92.0 Å². The maximum Gasteiger partial charge on any atom is 0.0481 e. The maximum atomic E-state index is 3.59. The largest absolute Gasteiger partial charge is 0.317 e. The van der Waals surface area contributed by atoms with Crippen LogP contribution in [0.5, 0.6) is 0 Å². The van der Waals surface area contributed by atoms with E-state index in [0.29, 0.717) is 17.4 Å². The minimum Gasteiger partial charge on any atom is -0.317 e. The van der Waals surface area contributed by atoms with E-state index in [9.17, 15) is 0 Å². The van der Waals surface area contributed by atoms with Gasteiger partial charge in [0.15, 0.2) is 0 Å². The smallest absolute Gasteiger partial charge is 0.0481 e. The van der Waals surface area contributed by atoms with Gasteiger partial charge in [0.1, 0.15) is 0 Å². The molecule has 0 aromatic heterocycles. The minimum absolute atomic E-state index is 0.544. The summed E-state index contributed by atoms with van der Waals surface area (Å²) in [4.78, 5) is 5.84. The Labute approximate surface area is 213 Å². The summed E-state index contributed by atoms with van der Waals surface area (Å²) >= 11 is 0. The minimum atomic E-state index is 0.544. The van der Waals surface area contributed by atoms with Crippen molar-refractivity contribution in [2.75, 3.05) is 32.7 Å². The van der Waals surface area contributed by atoms with Crippen molar-refractivity contribution < 1.29 is 0 Å². The van der Waals surface area contributed by atoms with E-state index in [1.807, 2.05) is 0 Å². The van der Waals surface area contributed by atoms with E-state index in [1.54, 1.807) is 16.7 Å². The molecule has 2 heterocycles. The van der Waals surface area contributed by atoms with Gasteiger partial charge in [-0.3, -0.25) is 9.80 Å². The summed E-state index contributed by atoms with van der Waals surface area (Å²) in [6.45, 7) is 10.9. The summed E-state index contributed by atoms with van der Waals surface area (Å²) in [6.07, 6.45) is 9.67. The van der Waals surface area contributed by atoms with E-state index in [2.05, 4.69) is 83.6 Å². The van der Waals surface area contributed by atoms with Crippen LogP contribution in [0.3, 0.4) is 0 Å². The highest BCUT2D eigenvalue weighted by molar-refractivity contribution is 5.34. The Morgan fingerprint density at radius 1 is 0.857 bits per heavy atom. The number of piperazine rings is 1. The molecule has 35 heavy (non-hydrogen) atoms. The quantitative estimate of drug-likeness (QED) is 0.549. The molecule has 2 aliphatic heterocycles. The molecule has 4 aliphatic rings. The summed E-state index contributed by atoms with van der Waals surface area (Å²) in [6, 6.07) is 22.7. The molecule has 188 valence electrons. The molecule has 2 saturated heterocycles. The van der Waals surface area contributed by atoms with Crippen LogP contribution in [0.4, 0.5) is 0 Å². The number of benzene rings is 2. The second kappa shape index (κ2) is 10.00. The highest BCUT2D eigenvalue weighted by atomic mass is 15.3. The fourth-order valence-electron chi connectivity index (χ4n) is 8.06. The van der Waals surface area contributed by atoms with Crippen LogP contribution in [0.2, 0.25) is 0 Å². The fraction of sp³-hybridized carbons (Fsp3) is 0.625. The van der Waals surface area contributed by atoms with E-state index in [1.165, 1.54) is 77.7 Å². The van der Waals surface area contributed by atoms with E-state index < -0.39 is 0 Å². The topological polar surface area (TPSA) is 18.5 Å². The highest BCUT2D eigenvalue weighted by Gasteiger charge is 2.49. The summed E-state index contributed by atoms with van der Waals surface area (Å²) in [5, 5.41) is 3.59. The van der Waals surface area contributed by atoms with Gasteiger partial charge in [0, 0.05) is 37.8 Å². The monoisotopic (exact) mass is 471 g/mol. The van der Waals surface area contributed by atoms with E-state index in [4.69, 9.17) is 0 Å². The molecule has 0 radical (unpaired) electrons. The van der Waals surface area contributed by atoms with Gasteiger partial charge >= 0.3 is 0 Å². The van der Waals surface area contributed by atoms with Crippen LogP contribution < -0.4 is 5.32 Å². The SMILES string of the molecule is CC(C)c1ccccc1C1CN(C2CCC(c3ccccc3)C2)CCN1C1CC2(CCNCC2)C1. The van der Waals surface area contributed by atoms with Crippen molar-refractivity contribution in [3.05, 3.63) is 71.3 Å². The average Bonchev–Trinajstić information content (AvgIpc) is 3.38. The third-order valence-electron chi connectivity index (χ3n) is 10.1. The molecule has 2 aromatic rings. The summed E-state index contributed by atoms with van der Waals surface area (Å²) < 4.78 is 0. The zero-order valence-electron chi connectivity index (χ0n) is 22.0. The van der Waals surface area contributed by atoms with Crippen molar-refractivity contribution >= 4 is 0 Å². The Bertz CT molecular complexity index is 971. The second-order valence-electron chi connectivity index (χ2n) is 12.4. The number of hydrogen-bond donors (Lipinski definition) is 1. The highest BCUT2D eigenvalue weighted by Crippen LogP contribution is 2.52. The van der Waals surface area contributed by atoms with Gasteiger partial charge in [0.25, 0.3) is 0 Å². The number of rotatable bonds is 5. The lowest BCUT2D eigenvalue weighted by atomic mass is 9.60.